The van der Waals surface area contributed by atoms with Gasteiger partial charge >= 0.3 is 0 Å². The van der Waals surface area contributed by atoms with Crippen molar-refractivity contribution in [1.29, 1.82) is 0 Å². The highest BCUT2D eigenvalue weighted by Crippen LogP contribution is 2.30. The molecule has 0 amide bonds. The van der Waals surface area contributed by atoms with Crippen LogP contribution >= 0.6 is 27.3 Å². The van der Waals surface area contributed by atoms with E-state index in [4.69, 9.17) is 4.74 Å². The van der Waals surface area contributed by atoms with E-state index in [1.54, 1.807) is 18.4 Å². The van der Waals surface area contributed by atoms with Crippen molar-refractivity contribution in [1.82, 2.24) is 5.32 Å². The molecule has 2 rings (SSSR count). The van der Waals surface area contributed by atoms with Gasteiger partial charge in [0, 0.05) is 32.8 Å². The molecule has 4 heteroatoms. The summed E-state index contributed by atoms with van der Waals surface area (Å²) >= 11 is 5.28. The van der Waals surface area contributed by atoms with Crippen LogP contribution in [0.25, 0.3) is 0 Å². The second-order valence-electron chi connectivity index (χ2n) is 4.52. The number of hydrogen-bond donors (Lipinski definition) is 1. The van der Waals surface area contributed by atoms with E-state index in [0.29, 0.717) is 0 Å². The van der Waals surface area contributed by atoms with Crippen LogP contribution in [0.4, 0.5) is 0 Å². The van der Waals surface area contributed by atoms with Gasteiger partial charge in [0.05, 0.1) is 7.11 Å². The molecule has 2 aromatic rings. The Morgan fingerprint density at radius 3 is 2.74 bits per heavy atom. The predicted octanol–water partition coefficient (Wildman–Crippen LogP) is 4.33. The largest absolute Gasteiger partial charge is 0.496 e. The van der Waals surface area contributed by atoms with Crippen molar-refractivity contribution in [2.24, 2.45) is 0 Å². The van der Waals surface area contributed by atoms with Gasteiger partial charge in [0.2, 0.25) is 0 Å². The lowest BCUT2D eigenvalue weighted by Gasteiger charge is -2.19. The number of aryl methyl sites for hydroxylation is 1. The zero-order valence-electron chi connectivity index (χ0n) is 11.4. The summed E-state index contributed by atoms with van der Waals surface area (Å²) in [5.74, 6) is 0.945. The molecule has 1 atom stereocenters. The Morgan fingerprint density at radius 1 is 1.37 bits per heavy atom. The first kappa shape index (κ1) is 14.6. The highest BCUT2D eigenvalue weighted by atomic mass is 79.9. The molecule has 0 saturated heterocycles. The molecule has 1 aromatic heterocycles. The van der Waals surface area contributed by atoms with Crippen LogP contribution in [-0.2, 0) is 6.42 Å². The first-order valence-corrected chi connectivity index (χ1v) is 7.86. The lowest BCUT2D eigenvalue weighted by molar-refractivity contribution is 0.401. The number of nitrogens with one attached hydrogen (secondary N) is 1. The number of benzene rings is 1. The Balaban J connectivity index is 2.28. The Labute approximate surface area is 126 Å². The second kappa shape index (κ2) is 6.55. The summed E-state index contributed by atoms with van der Waals surface area (Å²) in [6, 6.07) is 8.76. The second-order valence-corrected chi connectivity index (χ2v) is 6.43. The smallest absolute Gasteiger partial charge is 0.123 e. The number of thiophene rings is 1. The number of likely N-dealkylation sites (N-methyl/N-ethyl adjacent to an activating group) is 1. The maximum Gasteiger partial charge on any atom is 0.123 e. The van der Waals surface area contributed by atoms with Gasteiger partial charge in [-0.25, -0.2) is 0 Å². The highest BCUT2D eigenvalue weighted by molar-refractivity contribution is 9.10. The highest BCUT2D eigenvalue weighted by Gasteiger charge is 2.16. The Hall–Kier alpha value is -0.840. The summed E-state index contributed by atoms with van der Waals surface area (Å²) in [6.07, 6.45) is 0.965. The van der Waals surface area contributed by atoms with Gasteiger partial charge in [-0.3, -0.25) is 0 Å². The maximum atomic E-state index is 5.48. The normalized spacial score (nSPS) is 12.4. The Bertz CT molecular complexity index is 553. The molecule has 1 aromatic carbocycles. The van der Waals surface area contributed by atoms with Gasteiger partial charge in [-0.2, -0.15) is 0 Å². The zero-order valence-corrected chi connectivity index (χ0v) is 13.8. The summed E-state index contributed by atoms with van der Waals surface area (Å²) in [4.78, 5) is 1.36. The van der Waals surface area contributed by atoms with E-state index >= 15 is 0 Å². The van der Waals surface area contributed by atoms with E-state index < -0.39 is 0 Å². The van der Waals surface area contributed by atoms with Crippen LogP contribution in [0.3, 0.4) is 0 Å². The van der Waals surface area contributed by atoms with Crippen LogP contribution in [0.15, 0.2) is 34.1 Å². The van der Waals surface area contributed by atoms with Gasteiger partial charge < -0.3 is 10.1 Å². The number of hydrogen-bond acceptors (Lipinski definition) is 3. The van der Waals surface area contributed by atoms with Gasteiger partial charge in [-0.05, 0) is 42.0 Å². The minimum Gasteiger partial charge on any atom is -0.496 e. The first-order valence-electron chi connectivity index (χ1n) is 6.18. The van der Waals surface area contributed by atoms with E-state index in [1.165, 1.54) is 16.0 Å². The van der Waals surface area contributed by atoms with E-state index in [2.05, 4.69) is 51.7 Å². The number of methoxy groups -OCH3 is 1. The Kier molecular flexibility index (Phi) is 5.02. The molecule has 0 spiro atoms. The average Bonchev–Trinajstić information content (AvgIpc) is 2.81. The number of ether oxygens (including phenoxy) is 1. The van der Waals surface area contributed by atoms with Crippen molar-refractivity contribution in [2.45, 2.75) is 19.4 Å². The fourth-order valence-electron chi connectivity index (χ4n) is 2.16. The SMILES string of the molecule is CNC(Cc1cc(Br)cs1)c1cc(C)ccc1OC. The molecule has 1 heterocycles. The van der Waals surface area contributed by atoms with Gasteiger partial charge in [-0.15, -0.1) is 11.3 Å². The van der Waals surface area contributed by atoms with Crippen LogP contribution in [0.5, 0.6) is 5.75 Å². The van der Waals surface area contributed by atoms with Gasteiger partial charge in [-0.1, -0.05) is 17.7 Å². The van der Waals surface area contributed by atoms with Crippen LogP contribution in [-0.4, -0.2) is 14.2 Å². The van der Waals surface area contributed by atoms with Crippen LogP contribution in [0, 0.1) is 6.92 Å². The molecule has 1 N–H and O–H groups in total. The summed E-state index contributed by atoms with van der Waals surface area (Å²) < 4.78 is 6.63. The molecular weight excluding hydrogens is 322 g/mol. The fraction of sp³-hybridized carbons (Fsp3) is 0.333. The quantitative estimate of drug-likeness (QED) is 0.875. The molecule has 0 saturated carbocycles. The van der Waals surface area contributed by atoms with Crippen molar-refractivity contribution < 1.29 is 4.74 Å². The van der Waals surface area contributed by atoms with Crippen LogP contribution < -0.4 is 10.1 Å². The summed E-state index contributed by atoms with van der Waals surface area (Å²) in [6.45, 7) is 2.11. The third kappa shape index (κ3) is 3.59. The molecule has 0 aliphatic rings. The van der Waals surface area contributed by atoms with Crippen LogP contribution in [0.1, 0.15) is 22.0 Å². The third-order valence-electron chi connectivity index (χ3n) is 3.14. The summed E-state index contributed by atoms with van der Waals surface area (Å²) in [5.41, 5.74) is 2.47. The van der Waals surface area contributed by atoms with Crippen molar-refractivity contribution in [3.05, 3.63) is 50.1 Å². The fourth-order valence-corrected chi connectivity index (χ4v) is 3.65. The van der Waals surface area contributed by atoms with E-state index in [-0.39, 0.29) is 6.04 Å². The molecular formula is C15H18BrNOS. The summed E-state index contributed by atoms with van der Waals surface area (Å²) in [5, 5.41) is 5.51. The van der Waals surface area contributed by atoms with Crippen molar-refractivity contribution in [3.63, 3.8) is 0 Å². The lowest BCUT2D eigenvalue weighted by atomic mass is 10.00. The van der Waals surface area contributed by atoms with Crippen molar-refractivity contribution in [2.75, 3.05) is 14.2 Å². The first-order chi connectivity index (χ1) is 9.13. The van der Waals surface area contributed by atoms with Gasteiger partial charge in [0.15, 0.2) is 0 Å². The van der Waals surface area contributed by atoms with Crippen LogP contribution in [0.2, 0.25) is 0 Å². The summed E-state index contributed by atoms with van der Waals surface area (Å²) in [7, 11) is 3.72. The molecule has 0 aliphatic heterocycles. The monoisotopic (exact) mass is 339 g/mol. The molecule has 19 heavy (non-hydrogen) atoms. The molecule has 2 nitrogen and oxygen atoms in total. The van der Waals surface area contributed by atoms with Gasteiger partial charge in [0.1, 0.15) is 5.75 Å². The average molecular weight is 340 g/mol. The minimum absolute atomic E-state index is 0.264. The van der Waals surface area contributed by atoms with E-state index in [0.717, 1.165) is 16.6 Å². The topological polar surface area (TPSA) is 21.3 Å². The molecule has 0 aliphatic carbocycles. The minimum atomic E-state index is 0.264. The van der Waals surface area contributed by atoms with Crippen molar-refractivity contribution in [3.8, 4) is 5.75 Å². The van der Waals surface area contributed by atoms with E-state index in [9.17, 15) is 0 Å². The third-order valence-corrected chi connectivity index (χ3v) is 4.86. The van der Waals surface area contributed by atoms with Gasteiger partial charge in [0.25, 0.3) is 0 Å². The molecule has 0 fully saturated rings. The van der Waals surface area contributed by atoms with Crippen molar-refractivity contribution >= 4 is 27.3 Å². The number of rotatable bonds is 5. The molecule has 1 unspecified atom stereocenters. The molecule has 0 bridgehead atoms. The maximum absolute atomic E-state index is 5.48. The lowest BCUT2D eigenvalue weighted by Crippen LogP contribution is -2.19. The Morgan fingerprint density at radius 2 is 2.16 bits per heavy atom. The predicted molar refractivity (Wildman–Crippen MR) is 85.3 cm³/mol. The molecule has 102 valence electrons. The molecule has 0 radical (unpaired) electrons. The van der Waals surface area contributed by atoms with E-state index in [1.807, 2.05) is 13.1 Å². The number of halogens is 1. The standard InChI is InChI=1S/C15H18BrNOS/c1-10-4-5-15(18-3)13(6-10)14(17-2)8-12-7-11(16)9-19-12/h4-7,9,14,17H,8H2,1-3H3. The zero-order chi connectivity index (χ0) is 13.8.